The first-order chi connectivity index (χ1) is 11.6. The Hall–Kier alpha value is -2.14. The summed E-state index contributed by atoms with van der Waals surface area (Å²) in [6, 6.07) is 15.8. The molecular formula is C19H19BrN2O2. The fraction of sp³-hybridized carbons (Fsp3) is 0.263. The lowest BCUT2D eigenvalue weighted by molar-refractivity contribution is -0.132. The maximum absolute atomic E-state index is 12.4. The number of hydrazone groups is 1. The highest BCUT2D eigenvalue weighted by molar-refractivity contribution is 9.10. The summed E-state index contributed by atoms with van der Waals surface area (Å²) in [5, 5.41) is 6.24. The number of para-hydroxylation sites is 1. The number of halogens is 1. The summed E-state index contributed by atoms with van der Waals surface area (Å²) >= 11 is 3.45. The van der Waals surface area contributed by atoms with Crippen molar-refractivity contribution in [1.82, 2.24) is 5.01 Å². The van der Waals surface area contributed by atoms with Crippen LogP contribution in [0.1, 0.15) is 36.9 Å². The molecule has 0 fully saturated rings. The molecule has 5 heteroatoms. The van der Waals surface area contributed by atoms with E-state index in [1.165, 1.54) is 0 Å². The molecule has 0 saturated carbocycles. The highest BCUT2D eigenvalue weighted by Crippen LogP contribution is 2.35. The third-order valence-electron chi connectivity index (χ3n) is 4.14. The van der Waals surface area contributed by atoms with Crippen molar-refractivity contribution in [3.63, 3.8) is 0 Å². The van der Waals surface area contributed by atoms with Crippen LogP contribution in [-0.2, 0) is 4.79 Å². The number of rotatable bonds is 4. The van der Waals surface area contributed by atoms with Gasteiger partial charge in [0.05, 0.1) is 18.9 Å². The summed E-state index contributed by atoms with van der Waals surface area (Å²) in [5.41, 5.74) is 2.89. The Morgan fingerprint density at radius 3 is 2.62 bits per heavy atom. The number of benzene rings is 2. The van der Waals surface area contributed by atoms with Gasteiger partial charge in [-0.25, -0.2) is 5.01 Å². The maximum Gasteiger partial charge on any atom is 0.242 e. The minimum absolute atomic E-state index is 0.0211. The fourth-order valence-corrected chi connectivity index (χ4v) is 3.16. The van der Waals surface area contributed by atoms with Gasteiger partial charge in [-0.2, -0.15) is 5.10 Å². The monoisotopic (exact) mass is 386 g/mol. The van der Waals surface area contributed by atoms with Gasteiger partial charge in [0.15, 0.2) is 0 Å². The molecule has 4 nitrogen and oxygen atoms in total. The molecule has 0 aromatic heterocycles. The zero-order valence-corrected chi connectivity index (χ0v) is 15.3. The Bertz CT molecular complexity index is 771. The SMILES string of the molecule is CCC(=O)N1N=C(c2ccccc2OC)C[C@@H]1c1ccc(Br)cc1. The van der Waals surface area contributed by atoms with E-state index in [1.807, 2.05) is 55.5 Å². The maximum atomic E-state index is 12.4. The molecule has 24 heavy (non-hydrogen) atoms. The zero-order chi connectivity index (χ0) is 17.1. The van der Waals surface area contributed by atoms with Crippen molar-refractivity contribution < 1.29 is 9.53 Å². The summed E-state index contributed by atoms with van der Waals surface area (Å²) in [4.78, 5) is 12.4. The van der Waals surface area contributed by atoms with E-state index in [1.54, 1.807) is 12.1 Å². The highest BCUT2D eigenvalue weighted by Gasteiger charge is 2.33. The Morgan fingerprint density at radius 2 is 1.96 bits per heavy atom. The van der Waals surface area contributed by atoms with Gasteiger partial charge in [-0.3, -0.25) is 4.79 Å². The van der Waals surface area contributed by atoms with Gasteiger partial charge in [0.25, 0.3) is 0 Å². The normalized spacial score (nSPS) is 16.9. The molecule has 3 rings (SSSR count). The minimum Gasteiger partial charge on any atom is -0.496 e. The average molecular weight is 387 g/mol. The molecule has 0 N–H and O–H groups in total. The van der Waals surface area contributed by atoms with E-state index in [4.69, 9.17) is 4.74 Å². The summed E-state index contributed by atoms with van der Waals surface area (Å²) < 4.78 is 6.46. The van der Waals surface area contributed by atoms with E-state index < -0.39 is 0 Å². The van der Waals surface area contributed by atoms with Crippen molar-refractivity contribution in [3.05, 3.63) is 64.1 Å². The number of carbonyl (C=O) groups is 1. The molecule has 2 aromatic rings. The van der Waals surface area contributed by atoms with E-state index in [-0.39, 0.29) is 11.9 Å². The van der Waals surface area contributed by atoms with Crippen molar-refractivity contribution in [2.24, 2.45) is 5.10 Å². The summed E-state index contributed by atoms with van der Waals surface area (Å²) in [6.07, 6.45) is 1.10. The van der Waals surface area contributed by atoms with Crippen molar-refractivity contribution in [1.29, 1.82) is 0 Å². The van der Waals surface area contributed by atoms with Crippen LogP contribution in [0.3, 0.4) is 0 Å². The molecule has 0 radical (unpaired) electrons. The number of nitrogens with zero attached hydrogens (tertiary/aromatic N) is 2. The van der Waals surface area contributed by atoms with Gasteiger partial charge in [-0.05, 0) is 29.8 Å². The Kier molecular flexibility index (Phi) is 5.00. The minimum atomic E-state index is -0.0783. The van der Waals surface area contributed by atoms with Crippen LogP contribution in [-0.4, -0.2) is 23.7 Å². The lowest BCUT2D eigenvalue weighted by Crippen LogP contribution is -2.26. The first-order valence-corrected chi connectivity index (χ1v) is 8.71. The topological polar surface area (TPSA) is 41.9 Å². The molecule has 1 amide bonds. The Balaban J connectivity index is 1.98. The molecule has 0 spiro atoms. The van der Waals surface area contributed by atoms with Crippen molar-refractivity contribution >= 4 is 27.5 Å². The van der Waals surface area contributed by atoms with Crippen LogP contribution in [0.15, 0.2) is 58.1 Å². The number of methoxy groups -OCH3 is 1. The molecule has 1 heterocycles. The summed E-state index contributed by atoms with van der Waals surface area (Å²) in [7, 11) is 1.65. The van der Waals surface area contributed by atoms with Gasteiger partial charge in [-0.15, -0.1) is 0 Å². The Morgan fingerprint density at radius 1 is 1.25 bits per heavy atom. The van der Waals surface area contributed by atoms with Crippen LogP contribution in [0.5, 0.6) is 5.75 Å². The molecule has 1 aliphatic heterocycles. The van der Waals surface area contributed by atoms with Crippen LogP contribution in [0.4, 0.5) is 0 Å². The number of ether oxygens (including phenoxy) is 1. The largest absolute Gasteiger partial charge is 0.496 e. The van der Waals surface area contributed by atoms with E-state index in [0.717, 1.165) is 27.1 Å². The van der Waals surface area contributed by atoms with Crippen LogP contribution in [0.25, 0.3) is 0 Å². The number of carbonyl (C=O) groups excluding carboxylic acids is 1. The summed E-state index contributed by atoms with van der Waals surface area (Å²) in [6.45, 7) is 1.86. The quantitative estimate of drug-likeness (QED) is 0.773. The molecule has 0 unspecified atom stereocenters. The van der Waals surface area contributed by atoms with Gasteiger partial charge in [0.1, 0.15) is 5.75 Å². The number of hydrogen-bond acceptors (Lipinski definition) is 3. The molecule has 2 aromatic carbocycles. The molecule has 1 atom stereocenters. The van der Waals surface area contributed by atoms with Crippen LogP contribution in [0.2, 0.25) is 0 Å². The lowest BCUT2D eigenvalue weighted by atomic mass is 9.98. The average Bonchev–Trinajstić information content (AvgIpc) is 3.06. The standard InChI is InChI=1S/C19H19BrN2O2/c1-3-19(23)22-17(13-8-10-14(20)11-9-13)12-16(21-22)15-6-4-5-7-18(15)24-2/h4-11,17H,3,12H2,1-2H3/t17-/m1/s1. The van der Waals surface area contributed by atoms with Crippen LogP contribution < -0.4 is 4.74 Å². The third-order valence-corrected chi connectivity index (χ3v) is 4.67. The predicted molar refractivity (Wildman–Crippen MR) is 98.2 cm³/mol. The second kappa shape index (κ2) is 7.18. The fourth-order valence-electron chi connectivity index (χ4n) is 2.89. The van der Waals surface area contributed by atoms with E-state index in [0.29, 0.717) is 12.8 Å². The van der Waals surface area contributed by atoms with E-state index >= 15 is 0 Å². The molecule has 0 aliphatic carbocycles. The second-order valence-corrected chi connectivity index (χ2v) is 6.53. The van der Waals surface area contributed by atoms with Crippen molar-refractivity contribution in [3.8, 4) is 5.75 Å². The van der Waals surface area contributed by atoms with Gasteiger partial charge < -0.3 is 4.74 Å². The van der Waals surface area contributed by atoms with Gasteiger partial charge in [0.2, 0.25) is 5.91 Å². The summed E-state index contributed by atoms with van der Waals surface area (Å²) in [5.74, 6) is 0.796. The second-order valence-electron chi connectivity index (χ2n) is 5.61. The zero-order valence-electron chi connectivity index (χ0n) is 13.7. The van der Waals surface area contributed by atoms with E-state index in [2.05, 4.69) is 21.0 Å². The smallest absolute Gasteiger partial charge is 0.242 e. The van der Waals surface area contributed by atoms with E-state index in [9.17, 15) is 4.79 Å². The third kappa shape index (κ3) is 3.22. The molecular weight excluding hydrogens is 368 g/mol. The van der Waals surface area contributed by atoms with Crippen molar-refractivity contribution in [2.45, 2.75) is 25.8 Å². The number of hydrogen-bond donors (Lipinski definition) is 0. The van der Waals surface area contributed by atoms with Crippen LogP contribution in [0, 0.1) is 0 Å². The predicted octanol–water partition coefficient (Wildman–Crippen LogP) is 4.55. The van der Waals surface area contributed by atoms with Gasteiger partial charge >= 0.3 is 0 Å². The molecule has 1 aliphatic rings. The first kappa shape index (κ1) is 16.7. The number of amides is 1. The highest BCUT2D eigenvalue weighted by atomic mass is 79.9. The molecule has 0 saturated heterocycles. The molecule has 0 bridgehead atoms. The van der Waals surface area contributed by atoms with Gasteiger partial charge in [-0.1, -0.05) is 47.1 Å². The van der Waals surface area contributed by atoms with Crippen LogP contribution >= 0.6 is 15.9 Å². The molecule has 124 valence electrons. The first-order valence-electron chi connectivity index (χ1n) is 7.92. The van der Waals surface area contributed by atoms with Gasteiger partial charge in [0, 0.05) is 22.9 Å². The lowest BCUT2D eigenvalue weighted by Gasteiger charge is -2.21. The van der Waals surface area contributed by atoms with Crippen molar-refractivity contribution in [2.75, 3.05) is 7.11 Å². The Labute approximate surface area is 150 Å².